The minimum atomic E-state index is -0.423. The van der Waals surface area contributed by atoms with E-state index in [0.29, 0.717) is 5.69 Å². The zero-order chi connectivity index (χ0) is 17.9. The largest absolute Gasteiger partial charge is 0.497 e. The fourth-order valence-electron chi connectivity index (χ4n) is 2.56. The second-order valence-corrected chi connectivity index (χ2v) is 5.96. The molecule has 2 rings (SSSR count). The van der Waals surface area contributed by atoms with E-state index in [9.17, 15) is 10.1 Å². The summed E-state index contributed by atoms with van der Waals surface area (Å²) in [7, 11) is 1.61. The van der Waals surface area contributed by atoms with Gasteiger partial charge in [0, 0.05) is 5.69 Å². The van der Waals surface area contributed by atoms with Crippen LogP contribution in [0.2, 0.25) is 0 Å². The van der Waals surface area contributed by atoms with E-state index in [1.54, 1.807) is 26.2 Å². The molecule has 0 unspecified atom stereocenters. The molecule has 0 saturated carbocycles. The van der Waals surface area contributed by atoms with Crippen molar-refractivity contribution >= 4 is 12.0 Å². The number of ether oxygens (including phenoxy) is 1. The van der Waals surface area contributed by atoms with Crippen LogP contribution in [0, 0.1) is 25.2 Å². The van der Waals surface area contributed by atoms with Crippen LogP contribution in [0.1, 0.15) is 47.1 Å². The smallest absolute Gasteiger partial charge is 0.289 e. The number of aromatic nitrogens is 2. The maximum Gasteiger partial charge on any atom is 0.289 e. The van der Waals surface area contributed by atoms with Crippen molar-refractivity contribution < 1.29 is 9.53 Å². The van der Waals surface area contributed by atoms with Crippen LogP contribution in [0.15, 0.2) is 29.8 Å². The van der Waals surface area contributed by atoms with Crippen molar-refractivity contribution in [2.24, 2.45) is 0 Å². The third-order valence-electron chi connectivity index (χ3n) is 3.77. The summed E-state index contributed by atoms with van der Waals surface area (Å²) in [5, 5.41) is 13.6. The lowest BCUT2D eigenvalue weighted by molar-refractivity contribution is 0.0943. The molecule has 0 N–H and O–H groups in total. The second kappa shape index (κ2) is 7.14. The van der Waals surface area contributed by atoms with Crippen molar-refractivity contribution in [3.63, 3.8) is 0 Å². The first kappa shape index (κ1) is 17.5. The fourth-order valence-corrected chi connectivity index (χ4v) is 2.56. The van der Waals surface area contributed by atoms with Crippen molar-refractivity contribution in [2.75, 3.05) is 7.11 Å². The summed E-state index contributed by atoms with van der Waals surface area (Å²) in [6.45, 7) is 7.72. The number of methoxy groups -OCH3 is 1. The number of nitriles is 1. The van der Waals surface area contributed by atoms with E-state index in [4.69, 9.17) is 4.74 Å². The first-order valence-electron chi connectivity index (χ1n) is 7.75. The number of benzene rings is 1. The molecule has 0 fully saturated rings. The quantitative estimate of drug-likeness (QED) is 0.632. The predicted molar refractivity (Wildman–Crippen MR) is 93.0 cm³/mol. The van der Waals surface area contributed by atoms with Crippen molar-refractivity contribution in [3.05, 3.63) is 52.4 Å². The van der Waals surface area contributed by atoms with Gasteiger partial charge >= 0.3 is 0 Å². The third kappa shape index (κ3) is 3.54. The van der Waals surface area contributed by atoms with Gasteiger partial charge in [0.05, 0.1) is 12.8 Å². The molecule has 1 aromatic carbocycles. The second-order valence-electron chi connectivity index (χ2n) is 5.96. The molecule has 0 aliphatic rings. The number of carbonyl (C=O) groups is 1. The number of allylic oxidation sites excluding steroid dienone is 1. The lowest BCUT2D eigenvalue weighted by Gasteiger charge is -2.12. The Bertz CT molecular complexity index is 839. The topological polar surface area (TPSA) is 67.9 Å². The molecule has 124 valence electrons. The average molecular weight is 323 g/mol. The summed E-state index contributed by atoms with van der Waals surface area (Å²) in [6, 6.07) is 9.42. The Labute approximate surface area is 142 Å². The van der Waals surface area contributed by atoms with E-state index < -0.39 is 5.91 Å². The number of rotatable bonds is 4. The molecule has 0 aliphatic carbocycles. The van der Waals surface area contributed by atoms with Gasteiger partial charge in [0.15, 0.2) is 0 Å². The third-order valence-corrected chi connectivity index (χ3v) is 3.77. The van der Waals surface area contributed by atoms with Crippen LogP contribution in [0.4, 0.5) is 0 Å². The number of hydrogen-bond donors (Lipinski definition) is 0. The highest BCUT2D eigenvalue weighted by Gasteiger charge is 2.17. The molecular weight excluding hydrogens is 302 g/mol. The van der Waals surface area contributed by atoms with E-state index >= 15 is 0 Å². The zero-order valence-corrected chi connectivity index (χ0v) is 14.6. The van der Waals surface area contributed by atoms with Gasteiger partial charge in [-0.2, -0.15) is 10.4 Å². The monoisotopic (exact) mass is 323 g/mol. The summed E-state index contributed by atoms with van der Waals surface area (Å²) in [6.07, 6.45) is 1.62. The van der Waals surface area contributed by atoms with Crippen LogP contribution in [0.5, 0.6) is 5.75 Å². The summed E-state index contributed by atoms with van der Waals surface area (Å²) in [5.41, 5.74) is 3.34. The number of carbonyl (C=O) groups excluding carboxylic acids is 1. The molecule has 5 nitrogen and oxygen atoms in total. The Morgan fingerprint density at radius 2 is 2.04 bits per heavy atom. The van der Waals surface area contributed by atoms with Gasteiger partial charge < -0.3 is 4.74 Å². The van der Waals surface area contributed by atoms with E-state index in [-0.39, 0.29) is 11.5 Å². The van der Waals surface area contributed by atoms with Gasteiger partial charge in [-0.05, 0) is 55.2 Å². The Kier molecular flexibility index (Phi) is 5.20. The minimum Gasteiger partial charge on any atom is -0.497 e. The number of nitrogens with zero attached hydrogens (tertiary/aromatic N) is 3. The SMILES string of the molecule is COc1ccc(/C=C(\C#N)C(=O)n2nc(C)cc2C)c(C(C)C)c1. The van der Waals surface area contributed by atoms with E-state index in [0.717, 1.165) is 22.6 Å². The Morgan fingerprint density at radius 3 is 2.54 bits per heavy atom. The summed E-state index contributed by atoms with van der Waals surface area (Å²) < 4.78 is 6.53. The summed E-state index contributed by atoms with van der Waals surface area (Å²) >= 11 is 0. The lowest BCUT2D eigenvalue weighted by Crippen LogP contribution is -2.16. The lowest BCUT2D eigenvalue weighted by atomic mass is 9.95. The molecule has 24 heavy (non-hydrogen) atoms. The molecule has 0 radical (unpaired) electrons. The highest BCUT2D eigenvalue weighted by Crippen LogP contribution is 2.26. The molecule has 5 heteroatoms. The molecule has 0 atom stereocenters. The van der Waals surface area contributed by atoms with Crippen LogP contribution in [0.25, 0.3) is 6.08 Å². The normalized spacial score (nSPS) is 11.5. The highest BCUT2D eigenvalue weighted by molar-refractivity contribution is 6.03. The Morgan fingerprint density at radius 1 is 1.33 bits per heavy atom. The molecule has 0 aliphatic heterocycles. The van der Waals surface area contributed by atoms with Crippen molar-refractivity contribution in [1.29, 1.82) is 5.26 Å². The molecular formula is C19H21N3O2. The Hall–Kier alpha value is -2.87. The zero-order valence-electron chi connectivity index (χ0n) is 14.6. The maximum absolute atomic E-state index is 12.6. The Balaban J connectivity index is 2.50. The van der Waals surface area contributed by atoms with Gasteiger partial charge in [0.1, 0.15) is 17.4 Å². The minimum absolute atomic E-state index is 0.0493. The van der Waals surface area contributed by atoms with Crippen LogP contribution in [-0.4, -0.2) is 22.8 Å². The molecule has 0 saturated heterocycles. The standard InChI is InChI=1S/C19H21N3O2/c1-12(2)18-10-17(24-5)7-6-15(18)9-16(11-20)19(23)22-14(4)8-13(3)21-22/h6-10,12H,1-5H3/b16-9+. The average Bonchev–Trinajstić information content (AvgIpc) is 2.90. The van der Waals surface area contributed by atoms with Gasteiger partial charge in [-0.3, -0.25) is 4.79 Å². The first-order chi connectivity index (χ1) is 11.4. The highest BCUT2D eigenvalue weighted by atomic mass is 16.5. The van der Waals surface area contributed by atoms with Crippen molar-refractivity contribution in [3.8, 4) is 11.8 Å². The van der Waals surface area contributed by atoms with Gasteiger partial charge in [0.2, 0.25) is 0 Å². The molecule has 2 aromatic rings. The number of hydrogen-bond acceptors (Lipinski definition) is 4. The summed E-state index contributed by atoms with van der Waals surface area (Å²) in [5.74, 6) is 0.558. The van der Waals surface area contributed by atoms with Crippen molar-refractivity contribution in [1.82, 2.24) is 9.78 Å². The van der Waals surface area contributed by atoms with Crippen LogP contribution in [-0.2, 0) is 0 Å². The van der Waals surface area contributed by atoms with Gasteiger partial charge in [-0.15, -0.1) is 0 Å². The molecule has 1 aromatic heterocycles. The van der Waals surface area contributed by atoms with E-state index in [2.05, 4.69) is 18.9 Å². The maximum atomic E-state index is 12.6. The first-order valence-corrected chi connectivity index (χ1v) is 7.75. The van der Waals surface area contributed by atoms with Gasteiger partial charge in [-0.25, -0.2) is 4.68 Å². The number of aryl methyl sites for hydroxylation is 2. The van der Waals surface area contributed by atoms with Crippen LogP contribution >= 0.6 is 0 Å². The molecule has 1 heterocycles. The molecule has 0 amide bonds. The van der Waals surface area contributed by atoms with Crippen LogP contribution < -0.4 is 4.74 Å². The van der Waals surface area contributed by atoms with Gasteiger partial charge in [0.25, 0.3) is 5.91 Å². The van der Waals surface area contributed by atoms with Crippen molar-refractivity contribution in [2.45, 2.75) is 33.6 Å². The predicted octanol–water partition coefficient (Wildman–Crippen LogP) is 3.88. The fraction of sp³-hybridized carbons (Fsp3) is 0.316. The molecule has 0 spiro atoms. The van der Waals surface area contributed by atoms with E-state index in [1.165, 1.54) is 4.68 Å². The van der Waals surface area contributed by atoms with Gasteiger partial charge in [-0.1, -0.05) is 19.9 Å². The van der Waals surface area contributed by atoms with Crippen LogP contribution in [0.3, 0.4) is 0 Å². The molecule has 0 bridgehead atoms. The van der Waals surface area contributed by atoms with E-state index in [1.807, 2.05) is 31.2 Å². The summed E-state index contributed by atoms with van der Waals surface area (Å²) in [4.78, 5) is 12.6.